The van der Waals surface area contributed by atoms with Crippen LogP contribution in [0.25, 0.3) is 0 Å². The number of carbonyl (C=O) groups is 1. The summed E-state index contributed by atoms with van der Waals surface area (Å²) in [5.41, 5.74) is 4.19. The monoisotopic (exact) mass is 477 g/mol. The first-order valence-corrected chi connectivity index (χ1v) is 12.3. The zero-order valence-electron chi connectivity index (χ0n) is 19.8. The Labute approximate surface area is 195 Å². The number of anilines is 1. The van der Waals surface area contributed by atoms with Crippen LogP contribution in [0.15, 0.2) is 47.6 Å². The van der Waals surface area contributed by atoms with Crippen LogP contribution in [0.4, 0.5) is 5.69 Å². The number of methoxy groups -OCH3 is 2. The Balaban J connectivity index is 2.27. The third kappa shape index (κ3) is 6.61. The molecule has 0 bridgehead atoms. The van der Waals surface area contributed by atoms with Gasteiger partial charge in [0.2, 0.25) is 10.0 Å². The number of amides is 1. The van der Waals surface area contributed by atoms with Crippen molar-refractivity contribution in [3.63, 3.8) is 0 Å². The molecule has 180 valence electrons. The van der Waals surface area contributed by atoms with Crippen molar-refractivity contribution in [2.45, 2.75) is 33.2 Å². The van der Waals surface area contributed by atoms with Crippen molar-refractivity contribution in [1.29, 1.82) is 0 Å². The van der Waals surface area contributed by atoms with Crippen molar-refractivity contribution in [3.05, 3.63) is 48.0 Å². The molecule has 0 aliphatic heterocycles. The number of rotatable bonds is 11. The van der Waals surface area contributed by atoms with E-state index in [0.29, 0.717) is 41.7 Å². The summed E-state index contributed by atoms with van der Waals surface area (Å²) in [6.45, 7) is 5.75. The number of nitrogens with one attached hydrogen (secondary N) is 1. The van der Waals surface area contributed by atoms with Crippen LogP contribution >= 0.6 is 0 Å². The van der Waals surface area contributed by atoms with Crippen molar-refractivity contribution < 1.29 is 27.4 Å². The number of benzene rings is 2. The second-order valence-electron chi connectivity index (χ2n) is 7.12. The predicted molar refractivity (Wildman–Crippen MR) is 129 cm³/mol. The number of hydrogen-bond acceptors (Lipinski definition) is 7. The number of hydrazone groups is 1. The van der Waals surface area contributed by atoms with Gasteiger partial charge in [-0.25, -0.2) is 13.8 Å². The van der Waals surface area contributed by atoms with Gasteiger partial charge in [0, 0.05) is 5.56 Å². The first kappa shape index (κ1) is 26.0. The van der Waals surface area contributed by atoms with Crippen LogP contribution in [-0.4, -0.2) is 53.2 Å². The van der Waals surface area contributed by atoms with Gasteiger partial charge in [-0.2, -0.15) is 5.10 Å². The van der Waals surface area contributed by atoms with Gasteiger partial charge in [-0.05, 0) is 62.7 Å². The fourth-order valence-corrected chi connectivity index (χ4v) is 4.42. The number of carbonyl (C=O) groups excluding carboxylic acids is 1. The van der Waals surface area contributed by atoms with E-state index in [-0.39, 0.29) is 0 Å². The average Bonchev–Trinajstić information content (AvgIpc) is 2.79. The van der Waals surface area contributed by atoms with E-state index in [4.69, 9.17) is 14.2 Å². The Morgan fingerprint density at radius 2 is 1.70 bits per heavy atom. The second kappa shape index (κ2) is 11.6. The van der Waals surface area contributed by atoms with E-state index in [2.05, 4.69) is 10.5 Å². The highest BCUT2D eigenvalue weighted by molar-refractivity contribution is 7.92. The molecule has 1 unspecified atom stereocenters. The first-order chi connectivity index (χ1) is 15.7. The van der Waals surface area contributed by atoms with Crippen LogP contribution in [0, 0.1) is 0 Å². The summed E-state index contributed by atoms with van der Waals surface area (Å²) in [7, 11) is -0.664. The second-order valence-corrected chi connectivity index (χ2v) is 8.98. The number of sulfonamides is 1. The Morgan fingerprint density at radius 1 is 1.06 bits per heavy atom. The Hall–Kier alpha value is -3.27. The van der Waals surface area contributed by atoms with Crippen LogP contribution in [-0.2, 0) is 14.8 Å². The Bertz CT molecular complexity index is 1080. The van der Waals surface area contributed by atoms with E-state index >= 15 is 0 Å². The van der Waals surface area contributed by atoms with Gasteiger partial charge in [-0.3, -0.25) is 9.10 Å². The summed E-state index contributed by atoms with van der Waals surface area (Å²) in [4.78, 5) is 12.9. The first-order valence-electron chi connectivity index (χ1n) is 10.5. The molecule has 10 heteroatoms. The molecule has 2 rings (SSSR count). The molecule has 2 aromatic carbocycles. The van der Waals surface area contributed by atoms with E-state index in [1.54, 1.807) is 43.5 Å². The highest BCUT2D eigenvalue weighted by atomic mass is 32.2. The largest absolute Gasteiger partial charge is 0.494 e. The van der Waals surface area contributed by atoms with Crippen LogP contribution < -0.4 is 23.9 Å². The molecule has 1 amide bonds. The molecule has 0 aliphatic rings. The molecule has 0 aromatic heterocycles. The molecule has 0 aliphatic carbocycles. The Kier molecular flexibility index (Phi) is 9.10. The highest BCUT2D eigenvalue weighted by Gasteiger charge is 2.29. The summed E-state index contributed by atoms with van der Waals surface area (Å²) in [5, 5.41) is 4.24. The van der Waals surface area contributed by atoms with Crippen molar-refractivity contribution in [3.8, 4) is 17.2 Å². The maximum absolute atomic E-state index is 12.9. The third-order valence-electron chi connectivity index (χ3n) is 4.84. The topological polar surface area (TPSA) is 107 Å². The molecule has 0 saturated carbocycles. The lowest BCUT2D eigenvalue weighted by molar-refractivity contribution is -0.121. The lowest BCUT2D eigenvalue weighted by Crippen LogP contribution is -2.47. The molecule has 2 aromatic rings. The SMILES string of the molecule is CCOc1ccc(N(C(C)C(=O)N/N=C(/CC)c2ccc(OC)c(OC)c2)S(C)(=O)=O)cc1. The lowest BCUT2D eigenvalue weighted by atomic mass is 10.1. The van der Waals surface area contributed by atoms with Crippen molar-refractivity contribution >= 4 is 27.3 Å². The molecule has 9 nitrogen and oxygen atoms in total. The van der Waals surface area contributed by atoms with Crippen LogP contribution in [0.5, 0.6) is 17.2 Å². The minimum absolute atomic E-state index is 0.350. The van der Waals surface area contributed by atoms with Crippen molar-refractivity contribution in [2.24, 2.45) is 5.10 Å². The highest BCUT2D eigenvalue weighted by Crippen LogP contribution is 2.28. The molecule has 0 spiro atoms. The molecule has 33 heavy (non-hydrogen) atoms. The van der Waals surface area contributed by atoms with E-state index in [1.165, 1.54) is 14.0 Å². The standard InChI is InChI=1S/C23H31N3O6S/c1-7-20(17-9-14-21(30-4)22(15-17)31-5)24-25-23(27)16(3)26(33(6,28)29)18-10-12-19(13-11-18)32-8-2/h9-16H,7-8H2,1-6H3,(H,25,27)/b24-20-. The van der Waals surface area contributed by atoms with E-state index in [0.717, 1.165) is 16.1 Å². The minimum Gasteiger partial charge on any atom is -0.494 e. The van der Waals surface area contributed by atoms with Gasteiger partial charge >= 0.3 is 0 Å². The van der Waals surface area contributed by atoms with Gasteiger partial charge in [0.1, 0.15) is 11.8 Å². The smallest absolute Gasteiger partial charge is 0.263 e. The molecule has 0 heterocycles. The molecule has 0 radical (unpaired) electrons. The predicted octanol–water partition coefficient (Wildman–Crippen LogP) is 3.19. The molecule has 1 atom stereocenters. The summed E-state index contributed by atoms with van der Waals surface area (Å²) in [6, 6.07) is 10.8. The molecule has 0 fully saturated rings. The van der Waals surface area contributed by atoms with E-state index < -0.39 is 22.0 Å². The fourth-order valence-electron chi connectivity index (χ4n) is 3.24. The summed E-state index contributed by atoms with van der Waals surface area (Å²) >= 11 is 0. The zero-order chi connectivity index (χ0) is 24.6. The van der Waals surface area contributed by atoms with Gasteiger partial charge in [0.25, 0.3) is 5.91 Å². The molecular weight excluding hydrogens is 446 g/mol. The van der Waals surface area contributed by atoms with Gasteiger partial charge in [-0.15, -0.1) is 0 Å². The van der Waals surface area contributed by atoms with Gasteiger partial charge < -0.3 is 14.2 Å². The molecule has 1 N–H and O–H groups in total. The molecular formula is C23H31N3O6S. The third-order valence-corrected chi connectivity index (χ3v) is 6.09. The summed E-state index contributed by atoms with van der Waals surface area (Å²) in [5.74, 6) is 1.16. The van der Waals surface area contributed by atoms with Crippen LogP contribution in [0.1, 0.15) is 32.8 Å². The van der Waals surface area contributed by atoms with Crippen molar-refractivity contribution in [1.82, 2.24) is 5.43 Å². The number of hydrogen-bond donors (Lipinski definition) is 1. The fraction of sp³-hybridized carbons (Fsp3) is 0.391. The van der Waals surface area contributed by atoms with E-state index in [1.807, 2.05) is 19.9 Å². The van der Waals surface area contributed by atoms with Gasteiger partial charge in [-0.1, -0.05) is 6.92 Å². The maximum atomic E-state index is 12.9. The van der Waals surface area contributed by atoms with Crippen molar-refractivity contribution in [2.75, 3.05) is 31.4 Å². The summed E-state index contributed by atoms with van der Waals surface area (Å²) < 4.78 is 42.0. The van der Waals surface area contributed by atoms with E-state index in [9.17, 15) is 13.2 Å². The lowest BCUT2D eigenvalue weighted by Gasteiger charge is -2.27. The van der Waals surface area contributed by atoms with Crippen LogP contribution in [0.2, 0.25) is 0 Å². The quantitative estimate of drug-likeness (QED) is 0.394. The molecule has 0 saturated heterocycles. The van der Waals surface area contributed by atoms with Crippen LogP contribution in [0.3, 0.4) is 0 Å². The average molecular weight is 478 g/mol. The van der Waals surface area contributed by atoms with Gasteiger partial charge in [0.05, 0.1) is 38.5 Å². The number of ether oxygens (including phenoxy) is 3. The van der Waals surface area contributed by atoms with Gasteiger partial charge in [0.15, 0.2) is 11.5 Å². The Morgan fingerprint density at radius 3 is 2.21 bits per heavy atom. The summed E-state index contributed by atoms with van der Waals surface area (Å²) in [6.07, 6.45) is 1.58. The minimum atomic E-state index is -3.75. The normalized spacial score (nSPS) is 12.6. The zero-order valence-corrected chi connectivity index (χ0v) is 20.6. The number of nitrogens with zero attached hydrogens (tertiary/aromatic N) is 2. The maximum Gasteiger partial charge on any atom is 0.263 e.